The summed E-state index contributed by atoms with van der Waals surface area (Å²) in [5.74, 6) is 0.455. The summed E-state index contributed by atoms with van der Waals surface area (Å²) >= 11 is 0. The van der Waals surface area contributed by atoms with E-state index in [0.29, 0.717) is 18.8 Å². The first-order valence-electron chi connectivity index (χ1n) is 8.14. The Morgan fingerprint density at radius 2 is 1.48 bits per heavy atom. The monoisotopic (exact) mass is 332 g/mol. The number of hydrogen-bond acceptors (Lipinski definition) is 3. The number of amides is 1. The van der Waals surface area contributed by atoms with Gasteiger partial charge in [0.25, 0.3) is 5.91 Å². The Hall–Kier alpha value is -3.11. The van der Waals surface area contributed by atoms with E-state index in [4.69, 9.17) is 4.42 Å². The van der Waals surface area contributed by atoms with Gasteiger partial charge in [0.15, 0.2) is 0 Å². The standard InChI is InChI=1S/C21H20N2O2/c24-21(14-13-20-12-7-15-25-20)22-23(16-18-8-3-1-4-9-18)17-19-10-5-2-6-11-19/h1-15H,16-17H2,(H,22,24)/b14-13+. The number of benzene rings is 2. The Morgan fingerprint density at radius 3 is 2.00 bits per heavy atom. The van der Waals surface area contributed by atoms with Crippen LogP contribution in [0.5, 0.6) is 0 Å². The molecule has 3 rings (SSSR count). The molecule has 0 atom stereocenters. The topological polar surface area (TPSA) is 45.5 Å². The minimum atomic E-state index is -0.191. The molecule has 1 aromatic heterocycles. The Bertz CT molecular complexity index is 755. The number of nitrogens with zero attached hydrogens (tertiary/aromatic N) is 1. The van der Waals surface area contributed by atoms with E-state index in [0.717, 1.165) is 11.1 Å². The molecular weight excluding hydrogens is 312 g/mol. The van der Waals surface area contributed by atoms with Crippen LogP contribution in [-0.2, 0) is 17.9 Å². The second kappa shape index (κ2) is 8.66. The summed E-state index contributed by atoms with van der Waals surface area (Å²) in [6.45, 7) is 1.24. The molecule has 4 nitrogen and oxygen atoms in total. The fraction of sp³-hybridized carbons (Fsp3) is 0.0952. The minimum Gasteiger partial charge on any atom is -0.465 e. The largest absolute Gasteiger partial charge is 0.465 e. The first kappa shape index (κ1) is 16.7. The third-order valence-corrected chi connectivity index (χ3v) is 3.64. The van der Waals surface area contributed by atoms with Gasteiger partial charge in [-0.15, -0.1) is 0 Å². The molecule has 0 aliphatic rings. The smallest absolute Gasteiger partial charge is 0.258 e. The van der Waals surface area contributed by atoms with Crippen LogP contribution >= 0.6 is 0 Å². The summed E-state index contributed by atoms with van der Waals surface area (Å²) < 4.78 is 5.20. The predicted molar refractivity (Wildman–Crippen MR) is 98.0 cm³/mol. The quantitative estimate of drug-likeness (QED) is 0.525. The lowest BCUT2D eigenvalue weighted by atomic mass is 10.2. The van der Waals surface area contributed by atoms with Crippen LogP contribution in [-0.4, -0.2) is 10.9 Å². The normalized spacial score (nSPS) is 11.1. The number of carbonyl (C=O) groups is 1. The van der Waals surface area contributed by atoms with Gasteiger partial charge in [-0.3, -0.25) is 10.2 Å². The van der Waals surface area contributed by atoms with Crippen LogP contribution in [0, 0.1) is 0 Å². The van der Waals surface area contributed by atoms with Crippen molar-refractivity contribution in [1.82, 2.24) is 10.4 Å². The maximum atomic E-state index is 12.2. The molecule has 0 saturated carbocycles. The zero-order valence-electron chi connectivity index (χ0n) is 13.8. The number of carbonyl (C=O) groups excluding carboxylic acids is 1. The molecule has 1 amide bonds. The van der Waals surface area contributed by atoms with Gasteiger partial charge in [0.05, 0.1) is 6.26 Å². The molecule has 0 aliphatic heterocycles. The highest BCUT2D eigenvalue weighted by molar-refractivity contribution is 5.90. The van der Waals surface area contributed by atoms with Gasteiger partial charge >= 0.3 is 0 Å². The Balaban J connectivity index is 1.67. The van der Waals surface area contributed by atoms with Crippen molar-refractivity contribution in [3.05, 3.63) is 102 Å². The summed E-state index contributed by atoms with van der Waals surface area (Å²) in [5, 5.41) is 1.90. The summed E-state index contributed by atoms with van der Waals surface area (Å²) in [6, 6.07) is 23.7. The van der Waals surface area contributed by atoms with Gasteiger partial charge in [0, 0.05) is 19.2 Å². The molecule has 0 saturated heterocycles. The van der Waals surface area contributed by atoms with E-state index in [9.17, 15) is 4.79 Å². The Kier molecular flexibility index (Phi) is 5.80. The average molecular weight is 332 g/mol. The second-order valence-corrected chi connectivity index (χ2v) is 5.65. The van der Waals surface area contributed by atoms with E-state index in [2.05, 4.69) is 5.43 Å². The molecular formula is C21H20N2O2. The van der Waals surface area contributed by atoms with Crippen LogP contribution in [0.15, 0.2) is 89.6 Å². The van der Waals surface area contributed by atoms with Gasteiger partial charge < -0.3 is 4.42 Å². The molecule has 2 aromatic carbocycles. The molecule has 3 aromatic rings. The number of nitrogens with one attached hydrogen (secondary N) is 1. The molecule has 25 heavy (non-hydrogen) atoms. The molecule has 126 valence electrons. The predicted octanol–water partition coefficient (Wildman–Crippen LogP) is 4.03. The maximum Gasteiger partial charge on any atom is 0.258 e. The van der Waals surface area contributed by atoms with Crippen molar-refractivity contribution in [2.24, 2.45) is 0 Å². The molecule has 1 heterocycles. The zero-order chi connectivity index (χ0) is 17.3. The summed E-state index contributed by atoms with van der Waals surface area (Å²) in [4.78, 5) is 12.2. The van der Waals surface area contributed by atoms with Crippen molar-refractivity contribution in [2.45, 2.75) is 13.1 Å². The van der Waals surface area contributed by atoms with Crippen LogP contribution in [0.4, 0.5) is 0 Å². The van der Waals surface area contributed by atoms with Gasteiger partial charge in [0.1, 0.15) is 5.76 Å². The lowest BCUT2D eigenvalue weighted by molar-refractivity contribution is -0.121. The highest BCUT2D eigenvalue weighted by atomic mass is 16.3. The zero-order valence-corrected chi connectivity index (χ0v) is 13.8. The molecule has 0 aliphatic carbocycles. The second-order valence-electron chi connectivity index (χ2n) is 5.65. The number of furan rings is 1. The lowest BCUT2D eigenvalue weighted by Gasteiger charge is -2.22. The summed E-state index contributed by atoms with van der Waals surface area (Å²) in [6.07, 6.45) is 4.70. The van der Waals surface area contributed by atoms with Gasteiger partial charge in [-0.05, 0) is 29.3 Å². The molecule has 0 bridgehead atoms. The summed E-state index contributed by atoms with van der Waals surface area (Å²) in [7, 11) is 0. The highest BCUT2D eigenvalue weighted by Gasteiger charge is 2.09. The highest BCUT2D eigenvalue weighted by Crippen LogP contribution is 2.08. The van der Waals surface area contributed by atoms with Crippen molar-refractivity contribution >= 4 is 12.0 Å². The number of hydrazine groups is 1. The van der Waals surface area contributed by atoms with Crippen molar-refractivity contribution in [2.75, 3.05) is 0 Å². The third kappa shape index (κ3) is 5.48. The average Bonchev–Trinajstić information content (AvgIpc) is 3.15. The Labute approximate surface area is 147 Å². The molecule has 0 spiro atoms. The fourth-order valence-electron chi connectivity index (χ4n) is 2.48. The van der Waals surface area contributed by atoms with E-state index in [1.807, 2.05) is 65.7 Å². The molecule has 0 unspecified atom stereocenters. The first-order chi connectivity index (χ1) is 12.3. The lowest BCUT2D eigenvalue weighted by Crippen LogP contribution is -2.40. The van der Waals surface area contributed by atoms with E-state index >= 15 is 0 Å². The van der Waals surface area contributed by atoms with E-state index < -0.39 is 0 Å². The fourth-order valence-corrected chi connectivity index (χ4v) is 2.48. The van der Waals surface area contributed by atoms with Gasteiger partial charge in [0.2, 0.25) is 0 Å². The van der Waals surface area contributed by atoms with Crippen molar-refractivity contribution < 1.29 is 9.21 Å². The molecule has 4 heteroatoms. The van der Waals surface area contributed by atoms with Crippen molar-refractivity contribution in [1.29, 1.82) is 0 Å². The van der Waals surface area contributed by atoms with Crippen LogP contribution in [0.25, 0.3) is 6.08 Å². The van der Waals surface area contributed by atoms with Crippen LogP contribution in [0.2, 0.25) is 0 Å². The molecule has 1 N–H and O–H groups in total. The van der Waals surface area contributed by atoms with Gasteiger partial charge in [-0.1, -0.05) is 60.7 Å². The van der Waals surface area contributed by atoms with Gasteiger partial charge in [-0.25, -0.2) is 5.01 Å². The third-order valence-electron chi connectivity index (χ3n) is 3.64. The maximum absolute atomic E-state index is 12.2. The molecule has 0 radical (unpaired) electrons. The van der Waals surface area contributed by atoms with Crippen LogP contribution in [0.3, 0.4) is 0 Å². The Morgan fingerprint density at radius 1 is 0.880 bits per heavy atom. The van der Waals surface area contributed by atoms with E-state index in [1.54, 1.807) is 24.5 Å². The van der Waals surface area contributed by atoms with Crippen LogP contribution < -0.4 is 5.43 Å². The van der Waals surface area contributed by atoms with Crippen molar-refractivity contribution in [3.8, 4) is 0 Å². The SMILES string of the molecule is O=C(/C=C/c1ccco1)NN(Cc1ccccc1)Cc1ccccc1. The van der Waals surface area contributed by atoms with Crippen molar-refractivity contribution in [3.63, 3.8) is 0 Å². The number of hydrogen-bond donors (Lipinski definition) is 1. The summed E-state index contributed by atoms with van der Waals surface area (Å²) in [5.41, 5.74) is 5.21. The molecule has 0 fully saturated rings. The number of rotatable bonds is 7. The first-order valence-corrected chi connectivity index (χ1v) is 8.14. The van der Waals surface area contributed by atoms with E-state index in [-0.39, 0.29) is 5.91 Å². The van der Waals surface area contributed by atoms with Gasteiger partial charge in [-0.2, -0.15) is 0 Å². The minimum absolute atomic E-state index is 0.191. The van der Waals surface area contributed by atoms with Crippen LogP contribution in [0.1, 0.15) is 16.9 Å². The van der Waals surface area contributed by atoms with E-state index in [1.165, 1.54) is 6.08 Å².